The van der Waals surface area contributed by atoms with Crippen LogP contribution in [0.1, 0.15) is 19.3 Å². The maximum Gasteiger partial charge on any atom is 0.332 e. The van der Waals surface area contributed by atoms with Crippen LogP contribution in [0.3, 0.4) is 0 Å². The molecule has 2 N–H and O–H groups in total. The summed E-state index contributed by atoms with van der Waals surface area (Å²) in [5.74, 6) is 0.714. The van der Waals surface area contributed by atoms with Gasteiger partial charge in [0.05, 0.1) is 13.0 Å². The molecule has 1 fully saturated rings. The molecule has 1 saturated heterocycles. The van der Waals surface area contributed by atoms with Crippen LogP contribution in [0.2, 0.25) is 0 Å². The van der Waals surface area contributed by atoms with E-state index in [1.54, 1.807) is 0 Å². The molecule has 0 aromatic carbocycles. The lowest BCUT2D eigenvalue weighted by Gasteiger charge is -2.06. The summed E-state index contributed by atoms with van der Waals surface area (Å²) in [4.78, 5) is 0. The molecule has 1 rings (SSSR count). The van der Waals surface area contributed by atoms with Gasteiger partial charge in [0.2, 0.25) is 0 Å². The first-order valence-electron chi connectivity index (χ1n) is 2.64. The highest BCUT2D eigenvalue weighted by molar-refractivity contribution is 5.69. The minimum Gasteiger partial charge on any atom is -0.448 e. The average molecular weight is 100 g/mol. The maximum absolute atomic E-state index is 5.33. The summed E-state index contributed by atoms with van der Waals surface area (Å²) in [7, 11) is 0. The Kier molecular flexibility index (Phi) is 1.29. The molecule has 0 aliphatic carbocycles. The summed E-state index contributed by atoms with van der Waals surface area (Å²) in [5, 5.41) is 5.33. The van der Waals surface area contributed by atoms with Crippen LogP contribution in [0.5, 0.6) is 0 Å². The van der Waals surface area contributed by atoms with Crippen molar-refractivity contribution in [1.82, 2.24) is 0 Å². The molecular weight excluding hydrogens is 90.1 g/mol. The third-order valence-corrected chi connectivity index (χ3v) is 1.10. The number of rotatable bonds is 0. The molecule has 0 atom stereocenters. The van der Waals surface area contributed by atoms with Crippen molar-refractivity contribution in [3.8, 4) is 0 Å². The summed E-state index contributed by atoms with van der Waals surface area (Å²) in [6, 6.07) is 0. The third kappa shape index (κ3) is 1.18. The zero-order valence-electron chi connectivity index (χ0n) is 4.31. The first-order valence-corrected chi connectivity index (χ1v) is 2.64. The van der Waals surface area contributed by atoms with Crippen molar-refractivity contribution in [3.63, 3.8) is 0 Å². The van der Waals surface area contributed by atoms with E-state index in [2.05, 4.69) is 0 Å². The number of ether oxygens (including phenoxy) is 1. The lowest BCUT2D eigenvalue weighted by Crippen LogP contribution is -2.42. The molecule has 0 spiro atoms. The molecule has 7 heavy (non-hydrogen) atoms. The highest BCUT2D eigenvalue weighted by Crippen LogP contribution is 2.02. The van der Waals surface area contributed by atoms with E-state index >= 15 is 0 Å². The average Bonchev–Trinajstić information content (AvgIpc) is 1.69. The monoisotopic (exact) mass is 100 g/mol. The molecule has 1 heterocycles. The summed E-state index contributed by atoms with van der Waals surface area (Å²) in [6.45, 7) is 0.825. The standard InChI is InChI=1S/C5H9NO/c6-5-3-1-2-4-7-5/h6H,1-4H2/p+1. The Balaban J connectivity index is 2.25. The quantitative estimate of drug-likeness (QED) is 0.431. The van der Waals surface area contributed by atoms with Crippen molar-refractivity contribution < 1.29 is 10.1 Å². The van der Waals surface area contributed by atoms with E-state index < -0.39 is 0 Å². The molecule has 40 valence electrons. The fourth-order valence-electron chi connectivity index (χ4n) is 0.677. The Labute approximate surface area is 43.0 Å². The van der Waals surface area contributed by atoms with Crippen molar-refractivity contribution in [2.24, 2.45) is 0 Å². The second-order valence-corrected chi connectivity index (χ2v) is 1.77. The predicted octanol–water partition coefficient (Wildman–Crippen LogP) is -0.656. The van der Waals surface area contributed by atoms with Crippen molar-refractivity contribution in [2.45, 2.75) is 19.3 Å². The Morgan fingerprint density at radius 3 is 2.57 bits per heavy atom. The fraction of sp³-hybridized carbons (Fsp3) is 0.800. The van der Waals surface area contributed by atoms with E-state index in [-0.39, 0.29) is 0 Å². The van der Waals surface area contributed by atoms with Gasteiger partial charge in [-0.2, -0.15) is 0 Å². The van der Waals surface area contributed by atoms with Gasteiger partial charge in [-0.3, -0.25) is 0 Å². The smallest absolute Gasteiger partial charge is 0.332 e. The molecule has 1 aliphatic heterocycles. The second-order valence-electron chi connectivity index (χ2n) is 1.77. The van der Waals surface area contributed by atoms with Gasteiger partial charge in [-0.25, -0.2) is 5.41 Å². The summed E-state index contributed by atoms with van der Waals surface area (Å²) in [5.41, 5.74) is 0. The lowest BCUT2D eigenvalue weighted by atomic mass is 10.2. The maximum atomic E-state index is 5.33. The highest BCUT2D eigenvalue weighted by atomic mass is 16.5. The van der Waals surface area contributed by atoms with Gasteiger partial charge in [0.1, 0.15) is 0 Å². The first-order chi connectivity index (χ1) is 3.39. The topological polar surface area (TPSA) is 34.8 Å². The summed E-state index contributed by atoms with van der Waals surface area (Å²) >= 11 is 0. The minimum atomic E-state index is 0.714. The summed E-state index contributed by atoms with van der Waals surface area (Å²) < 4.78 is 4.97. The molecule has 1 aliphatic rings. The van der Waals surface area contributed by atoms with Gasteiger partial charge >= 0.3 is 5.90 Å². The van der Waals surface area contributed by atoms with E-state index in [9.17, 15) is 0 Å². The Bertz CT molecular complexity index is 72.1. The highest BCUT2D eigenvalue weighted by Gasteiger charge is 2.08. The van der Waals surface area contributed by atoms with Gasteiger partial charge in [0, 0.05) is 0 Å². The van der Waals surface area contributed by atoms with Crippen LogP contribution < -0.4 is 5.41 Å². The molecule has 0 amide bonds. The Hall–Kier alpha value is -0.530. The number of nitrogens with two attached hydrogens (primary N) is 1. The van der Waals surface area contributed by atoms with Crippen LogP contribution >= 0.6 is 0 Å². The molecule has 0 aromatic rings. The van der Waals surface area contributed by atoms with Crippen LogP contribution in [-0.2, 0) is 4.74 Å². The zero-order chi connectivity index (χ0) is 5.11. The molecule has 0 aromatic heterocycles. The Morgan fingerprint density at radius 1 is 1.43 bits per heavy atom. The van der Waals surface area contributed by atoms with E-state index in [4.69, 9.17) is 10.1 Å². The SMILES string of the molecule is [NH2+]=C1CCCCO1. The van der Waals surface area contributed by atoms with Crippen LogP contribution in [0.4, 0.5) is 0 Å². The Morgan fingerprint density at radius 2 is 2.29 bits per heavy atom. The van der Waals surface area contributed by atoms with Gasteiger partial charge in [-0.15, -0.1) is 0 Å². The van der Waals surface area contributed by atoms with E-state index in [1.807, 2.05) is 0 Å². The van der Waals surface area contributed by atoms with Gasteiger partial charge in [-0.1, -0.05) is 0 Å². The van der Waals surface area contributed by atoms with Crippen molar-refractivity contribution in [2.75, 3.05) is 6.61 Å². The molecule has 0 bridgehead atoms. The molecule has 2 nitrogen and oxygen atoms in total. The number of hydrogen-bond acceptors (Lipinski definition) is 1. The molecule has 2 heteroatoms. The zero-order valence-corrected chi connectivity index (χ0v) is 4.31. The van der Waals surface area contributed by atoms with E-state index in [1.165, 1.54) is 12.8 Å². The number of hydrogen-bond donors (Lipinski definition) is 1. The van der Waals surface area contributed by atoms with E-state index in [0.717, 1.165) is 13.0 Å². The molecular formula is C5H10NO+. The van der Waals surface area contributed by atoms with Crippen molar-refractivity contribution >= 4 is 5.90 Å². The first kappa shape index (κ1) is 4.62. The molecule has 0 saturated carbocycles. The lowest BCUT2D eigenvalue weighted by molar-refractivity contribution is -0.146. The second kappa shape index (κ2) is 1.96. The van der Waals surface area contributed by atoms with Crippen LogP contribution in [-0.4, -0.2) is 12.5 Å². The molecule has 0 radical (unpaired) electrons. The van der Waals surface area contributed by atoms with Gasteiger partial charge in [-0.05, 0) is 12.8 Å². The largest absolute Gasteiger partial charge is 0.448 e. The fourth-order valence-corrected chi connectivity index (χ4v) is 0.677. The molecule has 0 unspecified atom stereocenters. The van der Waals surface area contributed by atoms with E-state index in [0.29, 0.717) is 5.90 Å². The van der Waals surface area contributed by atoms with Gasteiger partial charge in [0.15, 0.2) is 0 Å². The minimum absolute atomic E-state index is 0.714. The van der Waals surface area contributed by atoms with Crippen molar-refractivity contribution in [1.29, 1.82) is 0 Å². The van der Waals surface area contributed by atoms with Gasteiger partial charge < -0.3 is 4.74 Å². The summed E-state index contributed by atoms with van der Waals surface area (Å²) in [6.07, 6.45) is 3.33. The third-order valence-electron chi connectivity index (χ3n) is 1.10. The normalized spacial score (nSPS) is 21.4. The van der Waals surface area contributed by atoms with Crippen LogP contribution in [0.25, 0.3) is 0 Å². The van der Waals surface area contributed by atoms with Crippen molar-refractivity contribution in [3.05, 3.63) is 0 Å². The predicted molar refractivity (Wildman–Crippen MR) is 26.7 cm³/mol. The van der Waals surface area contributed by atoms with Gasteiger partial charge in [0.25, 0.3) is 0 Å². The van der Waals surface area contributed by atoms with Crippen LogP contribution in [0, 0.1) is 0 Å². The van der Waals surface area contributed by atoms with Crippen LogP contribution in [0.15, 0.2) is 0 Å².